The molecule has 2 heterocycles. The van der Waals surface area contributed by atoms with Gasteiger partial charge in [0.2, 0.25) is 5.91 Å². The molecule has 0 aromatic rings. The van der Waals surface area contributed by atoms with Gasteiger partial charge in [-0.05, 0) is 44.6 Å². The van der Waals surface area contributed by atoms with Gasteiger partial charge in [0, 0.05) is 24.6 Å². The normalized spacial score (nSPS) is 33.9. The summed E-state index contributed by atoms with van der Waals surface area (Å²) in [5, 5.41) is 6.66. The highest BCUT2D eigenvalue weighted by atomic mass is 35.5. The molecule has 2 saturated heterocycles. The van der Waals surface area contributed by atoms with Crippen molar-refractivity contribution in [2.75, 3.05) is 13.2 Å². The third-order valence-electron chi connectivity index (χ3n) is 4.59. The van der Waals surface area contributed by atoms with Gasteiger partial charge >= 0.3 is 0 Å². The van der Waals surface area contributed by atoms with E-state index in [9.17, 15) is 4.79 Å². The van der Waals surface area contributed by atoms with E-state index >= 15 is 0 Å². The fourth-order valence-electron chi connectivity index (χ4n) is 3.22. The molecule has 0 radical (unpaired) electrons. The highest BCUT2D eigenvalue weighted by Crippen LogP contribution is 2.30. The zero-order valence-electron chi connectivity index (χ0n) is 13.8. The van der Waals surface area contributed by atoms with Crippen LogP contribution in [0, 0.1) is 11.3 Å². The summed E-state index contributed by atoms with van der Waals surface area (Å²) in [5.41, 5.74) is 0.146. The van der Waals surface area contributed by atoms with Crippen LogP contribution in [0.15, 0.2) is 0 Å². The fraction of sp³-hybridized carbons (Fsp3) is 0.938. The summed E-state index contributed by atoms with van der Waals surface area (Å²) in [5.74, 6) is 0.431. The molecule has 21 heavy (non-hydrogen) atoms. The van der Waals surface area contributed by atoms with Crippen LogP contribution in [-0.2, 0) is 9.53 Å². The first-order valence-corrected chi connectivity index (χ1v) is 8.01. The van der Waals surface area contributed by atoms with Gasteiger partial charge in [0.1, 0.15) is 0 Å². The van der Waals surface area contributed by atoms with Crippen molar-refractivity contribution >= 4 is 18.3 Å². The van der Waals surface area contributed by atoms with Gasteiger partial charge < -0.3 is 15.4 Å². The van der Waals surface area contributed by atoms with E-state index in [4.69, 9.17) is 4.74 Å². The predicted molar refractivity (Wildman–Crippen MR) is 87.8 cm³/mol. The number of ether oxygens (including phenoxy) is 1. The van der Waals surface area contributed by atoms with E-state index in [0.717, 1.165) is 38.8 Å². The van der Waals surface area contributed by atoms with Gasteiger partial charge in [0.15, 0.2) is 0 Å². The van der Waals surface area contributed by atoms with Crippen molar-refractivity contribution in [3.63, 3.8) is 0 Å². The fourth-order valence-corrected chi connectivity index (χ4v) is 3.22. The molecular formula is C16H31ClN2O2. The monoisotopic (exact) mass is 318 g/mol. The number of nitrogens with one attached hydrogen (secondary N) is 2. The quantitative estimate of drug-likeness (QED) is 0.822. The van der Waals surface area contributed by atoms with E-state index in [1.807, 2.05) is 0 Å². The maximum atomic E-state index is 12.4. The zero-order chi connectivity index (χ0) is 14.8. The van der Waals surface area contributed by atoms with Crippen molar-refractivity contribution in [1.29, 1.82) is 0 Å². The molecule has 0 aliphatic carbocycles. The molecule has 2 aliphatic rings. The Balaban J connectivity index is 0.00000220. The number of halogens is 1. The Bertz CT molecular complexity index is 344. The van der Waals surface area contributed by atoms with Gasteiger partial charge in [-0.3, -0.25) is 4.79 Å². The molecule has 0 bridgehead atoms. The lowest BCUT2D eigenvalue weighted by molar-refractivity contribution is -0.128. The molecule has 5 heteroatoms. The standard InChI is InChI=1S/C16H30N2O2.ClH/c1-11-9-12(5-7-17-11)15(19)18-13-6-8-20-14(10-13)16(2,3)4;/h11-14,17H,5-10H2,1-4H3,(H,18,19);1H/t11-,12-,13?,14?;/m0./s1. The van der Waals surface area contributed by atoms with Gasteiger partial charge in [0.05, 0.1) is 6.10 Å². The molecular weight excluding hydrogens is 288 g/mol. The van der Waals surface area contributed by atoms with Crippen molar-refractivity contribution in [3.05, 3.63) is 0 Å². The minimum Gasteiger partial charge on any atom is -0.378 e. The van der Waals surface area contributed by atoms with E-state index in [0.29, 0.717) is 6.04 Å². The molecule has 4 atom stereocenters. The van der Waals surface area contributed by atoms with Gasteiger partial charge in [-0.2, -0.15) is 0 Å². The lowest BCUT2D eigenvalue weighted by Crippen LogP contribution is -2.49. The SMILES string of the molecule is C[C@H]1C[C@@H](C(=O)NC2CCOC(C(C)(C)C)C2)CCN1.Cl. The average molecular weight is 319 g/mol. The molecule has 124 valence electrons. The Morgan fingerprint density at radius 3 is 2.57 bits per heavy atom. The second-order valence-corrected chi connectivity index (χ2v) is 7.53. The van der Waals surface area contributed by atoms with E-state index in [-0.39, 0.29) is 41.8 Å². The van der Waals surface area contributed by atoms with E-state index in [1.165, 1.54) is 0 Å². The molecule has 2 aliphatic heterocycles. The van der Waals surface area contributed by atoms with Crippen LogP contribution in [0.2, 0.25) is 0 Å². The molecule has 2 N–H and O–H groups in total. The third kappa shape index (κ3) is 5.42. The third-order valence-corrected chi connectivity index (χ3v) is 4.59. The maximum absolute atomic E-state index is 12.4. The highest BCUT2D eigenvalue weighted by Gasteiger charge is 2.33. The molecule has 0 saturated carbocycles. The number of hydrogen-bond donors (Lipinski definition) is 2. The van der Waals surface area contributed by atoms with Gasteiger partial charge in [-0.15, -0.1) is 12.4 Å². The zero-order valence-corrected chi connectivity index (χ0v) is 14.6. The average Bonchev–Trinajstić information content (AvgIpc) is 2.38. The van der Waals surface area contributed by atoms with Gasteiger partial charge in [-0.1, -0.05) is 20.8 Å². The minimum absolute atomic E-state index is 0. The Kier molecular flexibility index (Phi) is 6.95. The first-order valence-electron chi connectivity index (χ1n) is 8.01. The van der Waals surface area contributed by atoms with Crippen LogP contribution < -0.4 is 10.6 Å². The maximum Gasteiger partial charge on any atom is 0.223 e. The van der Waals surface area contributed by atoms with Crippen molar-refractivity contribution in [1.82, 2.24) is 10.6 Å². The molecule has 0 aromatic heterocycles. The van der Waals surface area contributed by atoms with Crippen molar-refractivity contribution in [2.24, 2.45) is 11.3 Å². The summed E-state index contributed by atoms with van der Waals surface area (Å²) in [7, 11) is 0. The van der Waals surface area contributed by atoms with Crippen molar-refractivity contribution in [2.45, 2.75) is 71.6 Å². The predicted octanol–water partition coefficient (Wildman–Crippen LogP) is 2.51. The summed E-state index contributed by atoms with van der Waals surface area (Å²) >= 11 is 0. The molecule has 4 nitrogen and oxygen atoms in total. The van der Waals surface area contributed by atoms with Gasteiger partial charge in [-0.25, -0.2) is 0 Å². The summed E-state index contributed by atoms with van der Waals surface area (Å²) in [6, 6.07) is 0.738. The lowest BCUT2D eigenvalue weighted by Gasteiger charge is -2.38. The first-order chi connectivity index (χ1) is 9.36. The van der Waals surface area contributed by atoms with Crippen LogP contribution in [0.5, 0.6) is 0 Å². The molecule has 1 amide bonds. The molecule has 2 unspecified atom stereocenters. The Morgan fingerprint density at radius 1 is 1.24 bits per heavy atom. The molecule has 2 rings (SSSR count). The second kappa shape index (κ2) is 7.80. The van der Waals surface area contributed by atoms with Crippen LogP contribution in [0.1, 0.15) is 53.4 Å². The number of carbonyl (C=O) groups excluding carboxylic acids is 1. The van der Waals surface area contributed by atoms with Crippen molar-refractivity contribution < 1.29 is 9.53 Å². The second-order valence-electron chi connectivity index (χ2n) is 7.53. The summed E-state index contributed by atoms with van der Waals surface area (Å²) < 4.78 is 5.86. The smallest absolute Gasteiger partial charge is 0.223 e. The number of piperidine rings is 1. The highest BCUT2D eigenvalue weighted by molar-refractivity contribution is 5.85. The number of rotatable bonds is 2. The summed E-state index contributed by atoms with van der Waals surface area (Å²) in [4.78, 5) is 12.4. The van der Waals surface area contributed by atoms with Crippen LogP contribution in [-0.4, -0.2) is 37.2 Å². The van der Waals surface area contributed by atoms with Crippen LogP contribution >= 0.6 is 12.4 Å². The summed E-state index contributed by atoms with van der Waals surface area (Å²) in [6.45, 7) is 10.5. The molecule has 0 aromatic carbocycles. The first kappa shape index (κ1) is 18.7. The Morgan fingerprint density at radius 2 is 1.95 bits per heavy atom. The molecule has 0 spiro atoms. The topological polar surface area (TPSA) is 50.4 Å². The number of carbonyl (C=O) groups is 1. The van der Waals surface area contributed by atoms with E-state index < -0.39 is 0 Å². The summed E-state index contributed by atoms with van der Waals surface area (Å²) in [6.07, 6.45) is 4.04. The largest absolute Gasteiger partial charge is 0.378 e. The van der Waals surface area contributed by atoms with Crippen LogP contribution in [0.3, 0.4) is 0 Å². The van der Waals surface area contributed by atoms with Crippen LogP contribution in [0.4, 0.5) is 0 Å². The number of amides is 1. The van der Waals surface area contributed by atoms with Crippen molar-refractivity contribution in [3.8, 4) is 0 Å². The van der Waals surface area contributed by atoms with Gasteiger partial charge in [0.25, 0.3) is 0 Å². The van der Waals surface area contributed by atoms with Crippen LogP contribution in [0.25, 0.3) is 0 Å². The van der Waals surface area contributed by atoms with E-state index in [1.54, 1.807) is 0 Å². The molecule has 2 fully saturated rings. The minimum atomic E-state index is 0. The number of hydrogen-bond acceptors (Lipinski definition) is 3. The lowest BCUT2D eigenvalue weighted by atomic mass is 9.83. The Labute approximate surface area is 135 Å². The van der Waals surface area contributed by atoms with E-state index in [2.05, 4.69) is 38.3 Å². The Hall–Kier alpha value is -0.320.